The molecule has 2 bridgehead atoms. The van der Waals surface area contributed by atoms with Gasteiger partial charge in [0.25, 0.3) is 5.91 Å². The molecule has 3 fully saturated rings. The molecule has 1 aromatic rings. The van der Waals surface area contributed by atoms with Gasteiger partial charge in [-0.3, -0.25) is 9.59 Å². The van der Waals surface area contributed by atoms with Gasteiger partial charge in [0.2, 0.25) is 5.91 Å². The minimum Gasteiger partial charge on any atom is -0.349 e. The van der Waals surface area contributed by atoms with Gasteiger partial charge in [-0.05, 0) is 56.7 Å². The van der Waals surface area contributed by atoms with Crippen LogP contribution in [0.25, 0.3) is 0 Å². The number of hydrogen-bond donors (Lipinski definition) is 3. The Morgan fingerprint density at radius 2 is 1.69 bits per heavy atom. The molecule has 2 amide bonds. The summed E-state index contributed by atoms with van der Waals surface area (Å²) >= 11 is 0. The van der Waals surface area contributed by atoms with Crippen molar-refractivity contribution in [2.45, 2.75) is 75.9 Å². The number of benzene rings is 1. The maximum absolute atomic E-state index is 12.6. The van der Waals surface area contributed by atoms with Gasteiger partial charge in [-0.2, -0.15) is 0 Å². The second-order valence-corrected chi connectivity index (χ2v) is 8.18. The molecule has 1 aromatic carbocycles. The summed E-state index contributed by atoms with van der Waals surface area (Å²) in [7, 11) is 0. The van der Waals surface area contributed by atoms with Crippen LogP contribution in [0.4, 0.5) is 5.69 Å². The Kier molecular flexibility index (Phi) is 5.25. The van der Waals surface area contributed by atoms with Crippen LogP contribution in [0.15, 0.2) is 24.3 Å². The van der Waals surface area contributed by atoms with E-state index >= 15 is 0 Å². The molecule has 140 valence electrons. The largest absolute Gasteiger partial charge is 0.349 e. The van der Waals surface area contributed by atoms with Crippen molar-refractivity contribution in [3.8, 4) is 0 Å². The number of nitrogens with one attached hydrogen (secondary N) is 3. The quantitative estimate of drug-likeness (QED) is 0.777. The van der Waals surface area contributed by atoms with Crippen molar-refractivity contribution in [1.82, 2.24) is 10.6 Å². The Hall–Kier alpha value is -1.88. The van der Waals surface area contributed by atoms with Crippen molar-refractivity contribution in [2.24, 2.45) is 5.92 Å². The Bertz CT molecular complexity index is 657. The second-order valence-electron chi connectivity index (χ2n) is 8.18. The molecular weight excluding hydrogens is 326 g/mol. The molecule has 4 rings (SSSR count). The van der Waals surface area contributed by atoms with Crippen LogP contribution >= 0.6 is 0 Å². The second kappa shape index (κ2) is 7.78. The molecule has 5 heteroatoms. The standard InChI is InChI=1S/C21H29N3O2/c25-20(14-5-2-1-3-6-14)23-16-8-4-7-15(11-16)21(26)24-19-12-17-9-10-18(13-19)22-17/h4,7-8,11,14,17-19,22H,1-3,5-6,9-10,12-13H2,(H,23,25)(H,24,26). The van der Waals surface area contributed by atoms with Crippen LogP contribution in [-0.2, 0) is 4.79 Å². The molecule has 2 aliphatic heterocycles. The molecule has 26 heavy (non-hydrogen) atoms. The summed E-state index contributed by atoms with van der Waals surface area (Å²) in [6.45, 7) is 0. The molecule has 5 nitrogen and oxygen atoms in total. The highest BCUT2D eigenvalue weighted by atomic mass is 16.2. The lowest BCUT2D eigenvalue weighted by atomic mass is 9.88. The lowest BCUT2D eigenvalue weighted by Gasteiger charge is -2.29. The molecule has 1 aliphatic carbocycles. The smallest absolute Gasteiger partial charge is 0.251 e. The Morgan fingerprint density at radius 3 is 2.42 bits per heavy atom. The lowest BCUT2D eigenvalue weighted by molar-refractivity contribution is -0.120. The molecule has 3 aliphatic rings. The van der Waals surface area contributed by atoms with Gasteiger partial charge in [0.1, 0.15) is 0 Å². The van der Waals surface area contributed by atoms with E-state index in [-0.39, 0.29) is 23.8 Å². The average Bonchev–Trinajstić information content (AvgIpc) is 3.01. The monoisotopic (exact) mass is 355 g/mol. The van der Waals surface area contributed by atoms with Gasteiger partial charge in [0, 0.05) is 35.3 Å². The summed E-state index contributed by atoms with van der Waals surface area (Å²) in [6.07, 6.45) is 9.93. The van der Waals surface area contributed by atoms with E-state index in [9.17, 15) is 9.59 Å². The SMILES string of the molecule is O=C(NC1CC2CCC(C1)N2)c1cccc(NC(=O)C2CCCCC2)c1. The first-order valence-electron chi connectivity index (χ1n) is 10.2. The van der Waals surface area contributed by atoms with Gasteiger partial charge in [-0.1, -0.05) is 25.3 Å². The van der Waals surface area contributed by atoms with Crippen molar-refractivity contribution in [3.05, 3.63) is 29.8 Å². The fraction of sp³-hybridized carbons (Fsp3) is 0.619. The molecule has 2 unspecified atom stereocenters. The van der Waals surface area contributed by atoms with Crippen LogP contribution in [0, 0.1) is 5.92 Å². The summed E-state index contributed by atoms with van der Waals surface area (Å²) in [4.78, 5) is 25.1. The predicted octanol–water partition coefficient (Wildman–Crippen LogP) is 3.22. The van der Waals surface area contributed by atoms with E-state index in [1.54, 1.807) is 6.07 Å². The van der Waals surface area contributed by atoms with Gasteiger partial charge < -0.3 is 16.0 Å². The third-order valence-corrected chi connectivity index (χ3v) is 6.18. The van der Waals surface area contributed by atoms with Gasteiger partial charge in [-0.15, -0.1) is 0 Å². The normalized spacial score (nSPS) is 28.5. The first-order chi connectivity index (χ1) is 12.7. The van der Waals surface area contributed by atoms with Crippen LogP contribution in [0.5, 0.6) is 0 Å². The number of anilines is 1. The topological polar surface area (TPSA) is 70.2 Å². The van der Waals surface area contributed by atoms with Crippen LogP contribution in [0.1, 0.15) is 68.1 Å². The number of amides is 2. The maximum atomic E-state index is 12.6. The van der Waals surface area contributed by atoms with E-state index in [1.807, 2.05) is 18.2 Å². The minimum absolute atomic E-state index is 0.0370. The summed E-state index contributed by atoms with van der Waals surface area (Å²) in [5.41, 5.74) is 1.34. The maximum Gasteiger partial charge on any atom is 0.251 e. The highest BCUT2D eigenvalue weighted by molar-refractivity contribution is 5.97. The first-order valence-corrected chi connectivity index (χ1v) is 10.2. The van der Waals surface area contributed by atoms with Gasteiger partial charge in [0.05, 0.1) is 0 Å². The predicted molar refractivity (Wildman–Crippen MR) is 102 cm³/mol. The highest BCUT2D eigenvalue weighted by Crippen LogP contribution is 2.27. The first kappa shape index (κ1) is 17.5. The molecule has 0 spiro atoms. The molecule has 2 atom stereocenters. The number of carbonyl (C=O) groups is 2. The van der Waals surface area contributed by atoms with E-state index < -0.39 is 0 Å². The van der Waals surface area contributed by atoms with Crippen molar-refractivity contribution in [3.63, 3.8) is 0 Å². The number of rotatable bonds is 4. The van der Waals surface area contributed by atoms with Crippen LogP contribution in [-0.4, -0.2) is 29.9 Å². The fourth-order valence-corrected chi connectivity index (χ4v) is 4.79. The van der Waals surface area contributed by atoms with Gasteiger partial charge >= 0.3 is 0 Å². The molecule has 0 aromatic heterocycles. The van der Waals surface area contributed by atoms with Crippen LogP contribution in [0.3, 0.4) is 0 Å². The van der Waals surface area contributed by atoms with Gasteiger partial charge in [-0.25, -0.2) is 0 Å². The van der Waals surface area contributed by atoms with Crippen molar-refractivity contribution >= 4 is 17.5 Å². The van der Waals surface area contributed by atoms with E-state index in [2.05, 4.69) is 16.0 Å². The number of carbonyl (C=O) groups excluding carboxylic acids is 2. The molecule has 0 radical (unpaired) electrons. The zero-order valence-electron chi connectivity index (χ0n) is 15.3. The Morgan fingerprint density at radius 1 is 0.962 bits per heavy atom. The van der Waals surface area contributed by atoms with Crippen molar-refractivity contribution < 1.29 is 9.59 Å². The molecule has 2 heterocycles. The number of fused-ring (bicyclic) bond motifs is 2. The summed E-state index contributed by atoms with van der Waals surface area (Å²) in [5.74, 6) is 0.175. The number of piperidine rings is 1. The Labute approximate surface area is 155 Å². The van der Waals surface area contributed by atoms with Crippen molar-refractivity contribution in [1.29, 1.82) is 0 Å². The number of hydrogen-bond acceptors (Lipinski definition) is 3. The zero-order valence-corrected chi connectivity index (χ0v) is 15.3. The third kappa shape index (κ3) is 4.09. The zero-order chi connectivity index (χ0) is 17.9. The van der Waals surface area contributed by atoms with E-state index in [0.29, 0.717) is 17.6 Å². The van der Waals surface area contributed by atoms with Crippen LogP contribution in [0.2, 0.25) is 0 Å². The molecular formula is C21H29N3O2. The highest BCUT2D eigenvalue weighted by Gasteiger charge is 2.34. The Balaban J connectivity index is 1.35. The summed E-state index contributed by atoms with van der Waals surface area (Å²) < 4.78 is 0. The minimum atomic E-state index is -0.0370. The van der Waals surface area contributed by atoms with E-state index in [4.69, 9.17) is 0 Å². The molecule has 2 saturated heterocycles. The van der Waals surface area contributed by atoms with Crippen molar-refractivity contribution in [2.75, 3.05) is 5.32 Å². The summed E-state index contributed by atoms with van der Waals surface area (Å²) in [5, 5.41) is 9.79. The molecule has 3 N–H and O–H groups in total. The van der Waals surface area contributed by atoms with Gasteiger partial charge in [0.15, 0.2) is 0 Å². The lowest BCUT2D eigenvalue weighted by Crippen LogP contribution is -2.48. The van der Waals surface area contributed by atoms with E-state index in [0.717, 1.165) is 44.2 Å². The van der Waals surface area contributed by atoms with Crippen LogP contribution < -0.4 is 16.0 Å². The molecule has 1 saturated carbocycles. The summed E-state index contributed by atoms with van der Waals surface area (Å²) in [6, 6.07) is 8.69. The third-order valence-electron chi connectivity index (χ3n) is 6.18. The fourth-order valence-electron chi connectivity index (χ4n) is 4.79. The average molecular weight is 355 g/mol. The van der Waals surface area contributed by atoms with E-state index in [1.165, 1.54) is 19.3 Å².